The molecule has 1 N–H and O–H groups in total. The number of rotatable bonds is 3. The van der Waals surface area contributed by atoms with Crippen LogP contribution in [0.4, 0.5) is 5.69 Å². The first-order chi connectivity index (χ1) is 12.1. The van der Waals surface area contributed by atoms with Crippen LogP contribution in [0.1, 0.15) is 52.5 Å². The summed E-state index contributed by atoms with van der Waals surface area (Å²) in [6.07, 6.45) is 3.28. The highest BCUT2D eigenvalue weighted by molar-refractivity contribution is 6.05. The van der Waals surface area contributed by atoms with Crippen molar-refractivity contribution >= 4 is 17.5 Å². The summed E-state index contributed by atoms with van der Waals surface area (Å²) < 4.78 is 0. The van der Waals surface area contributed by atoms with Crippen molar-refractivity contribution in [3.05, 3.63) is 65.2 Å². The van der Waals surface area contributed by atoms with Gasteiger partial charge in [-0.15, -0.1) is 0 Å². The van der Waals surface area contributed by atoms with Crippen LogP contribution in [0.3, 0.4) is 0 Å². The first-order valence-corrected chi connectivity index (χ1v) is 8.84. The van der Waals surface area contributed by atoms with E-state index in [0.29, 0.717) is 16.8 Å². The maximum absolute atomic E-state index is 12.8. The van der Waals surface area contributed by atoms with Gasteiger partial charge in [0.2, 0.25) is 0 Å². The van der Waals surface area contributed by atoms with Gasteiger partial charge in [-0.05, 0) is 62.9 Å². The normalized spacial score (nSPS) is 17.2. The molecule has 2 aromatic carbocycles. The molecule has 2 amide bonds. The van der Waals surface area contributed by atoms with Crippen LogP contribution in [0.5, 0.6) is 0 Å². The standard InChI is InChI=1S/C21H24N2O2/c1-15-11-12-18(21(25)23-13-7-6-8-16(23)2)14-19(15)22-20(24)17-9-4-3-5-10-17/h3-5,9-12,14,16H,6-8,13H2,1-2H3,(H,22,24). The minimum Gasteiger partial charge on any atom is -0.336 e. The van der Waals surface area contributed by atoms with E-state index < -0.39 is 0 Å². The van der Waals surface area contributed by atoms with Gasteiger partial charge in [-0.2, -0.15) is 0 Å². The van der Waals surface area contributed by atoms with Crippen molar-refractivity contribution in [2.24, 2.45) is 0 Å². The Hall–Kier alpha value is -2.62. The summed E-state index contributed by atoms with van der Waals surface area (Å²) in [5.74, 6) is -0.123. The van der Waals surface area contributed by atoms with Crippen molar-refractivity contribution in [1.82, 2.24) is 4.90 Å². The Labute approximate surface area is 148 Å². The summed E-state index contributed by atoms with van der Waals surface area (Å²) in [5.41, 5.74) is 2.85. The van der Waals surface area contributed by atoms with E-state index in [1.807, 2.05) is 42.2 Å². The second kappa shape index (κ2) is 7.51. The third kappa shape index (κ3) is 3.90. The highest BCUT2D eigenvalue weighted by Gasteiger charge is 2.24. The van der Waals surface area contributed by atoms with Crippen LogP contribution in [-0.4, -0.2) is 29.3 Å². The lowest BCUT2D eigenvalue weighted by atomic mass is 10.0. The number of benzene rings is 2. The van der Waals surface area contributed by atoms with Gasteiger partial charge in [0, 0.05) is 29.4 Å². The molecule has 25 heavy (non-hydrogen) atoms. The molecule has 130 valence electrons. The predicted molar refractivity (Wildman–Crippen MR) is 99.9 cm³/mol. The van der Waals surface area contributed by atoms with Crippen LogP contribution in [0.15, 0.2) is 48.5 Å². The highest BCUT2D eigenvalue weighted by atomic mass is 16.2. The van der Waals surface area contributed by atoms with E-state index in [9.17, 15) is 9.59 Å². The van der Waals surface area contributed by atoms with E-state index in [4.69, 9.17) is 0 Å². The third-order valence-corrected chi connectivity index (χ3v) is 4.83. The van der Waals surface area contributed by atoms with Crippen molar-refractivity contribution in [1.29, 1.82) is 0 Å². The molecule has 1 saturated heterocycles. The molecule has 1 heterocycles. The Bertz CT molecular complexity index is 771. The number of carbonyl (C=O) groups excluding carboxylic acids is 2. The lowest BCUT2D eigenvalue weighted by Crippen LogP contribution is -2.42. The van der Waals surface area contributed by atoms with Crippen molar-refractivity contribution in [2.45, 2.75) is 39.2 Å². The quantitative estimate of drug-likeness (QED) is 0.910. The molecule has 1 aliphatic heterocycles. The zero-order valence-electron chi connectivity index (χ0n) is 14.8. The minimum atomic E-state index is -0.167. The summed E-state index contributed by atoms with van der Waals surface area (Å²) >= 11 is 0. The Morgan fingerprint density at radius 1 is 1.04 bits per heavy atom. The summed E-state index contributed by atoms with van der Waals surface area (Å²) in [6, 6.07) is 14.9. The first kappa shape index (κ1) is 17.2. The molecule has 0 aliphatic carbocycles. The van der Waals surface area contributed by atoms with E-state index in [1.54, 1.807) is 18.2 Å². The Kier molecular flexibility index (Phi) is 5.17. The molecule has 4 nitrogen and oxygen atoms in total. The average molecular weight is 336 g/mol. The number of nitrogens with one attached hydrogen (secondary N) is 1. The number of aryl methyl sites for hydroxylation is 1. The first-order valence-electron chi connectivity index (χ1n) is 8.84. The Morgan fingerprint density at radius 2 is 1.80 bits per heavy atom. The number of piperidine rings is 1. The number of hydrogen-bond donors (Lipinski definition) is 1. The number of likely N-dealkylation sites (tertiary alicyclic amines) is 1. The largest absolute Gasteiger partial charge is 0.336 e. The topological polar surface area (TPSA) is 49.4 Å². The number of hydrogen-bond acceptors (Lipinski definition) is 2. The Balaban J connectivity index is 1.80. The SMILES string of the molecule is Cc1ccc(C(=O)N2CCCCC2C)cc1NC(=O)c1ccccc1. The molecule has 0 bridgehead atoms. The fourth-order valence-electron chi connectivity index (χ4n) is 3.24. The van der Waals surface area contributed by atoms with Gasteiger partial charge in [0.05, 0.1) is 0 Å². The van der Waals surface area contributed by atoms with Crippen LogP contribution in [0.2, 0.25) is 0 Å². The molecule has 4 heteroatoms. The molecule has 1 fully saturated rings. The lowest BCUT2D eigenvalue weighted by Gasteiger charge is -2.33. The van der Waals surface area contributed by atoms with Gasteiger partial charge >= 0.3 is 0 Å². The molecule has 3 rings (SSSR count). The van der Waals surface area contributed by atoms with E-state index >= 15 is 0 Å². The third-order valence-electron chi connectivity index (χ3n) is 4.83. The maximum Gasteiger partial charge on any atom is 0.255 e. The number of anilines is 1. The zero-order valence-corrected chi connectivity index (χ0v) is 14.8. The van der Waals surface area contributed by atoms with E-state index in [0.717, 1.165) is 24.9 Å². The summed E-state index contributed by atoms with van der Waals surface area (Å²) in [6.45, 7) is 4.83. The maximum atomic E-state index is 12.8. The number of amides is 2. The van der Waals surface area contributed by atoms with Crippen LogP contribution in [0, 0.1) is 6.92 Å². The van der Waals surface area contributed by atoms with Crippen molar-refractivity contribution < 1.29 is 9.59 Å². The molecule has 1 unspecified atom stereocenters. The van der Waals surface area contributed by atoms with Gasteiger partial charge in [0.25, 0.3) is 11.8 Å². The Morgan fingerprint density at radius 3 is 2.52 bits per heavy atom. The van der Waals surface area contributed by atoms with Crippen molar-refractivity contribution in [2.75, 3.05) is 11.9 Å². The van der Waals surface area contributed by atoms with E-state index in [2.05, 4.69) is 12.2 Å². The fraction of sp³-hybridized carbons (Fsp3) is 0.333. The zero-order chi connectivity index (χ0) is 17.8. The second-order valence-corrected chi connectivity index (χ2v) is 6.69. The lowest BCUT2D eigenvalue weighted by molar-refractivity contribution is 0.0635. The molecular formula is C21H24N2O2. The van der Waals surface area contributed by atoms with Gasteiger partial charge in [0.15, 0.2) is 0 Å². The molecule has 1 aliphatic rings. The van der Waals surface area contributed by atoms with E-state index in [-0.39, 0.29) is 17.9 Å². The molecule has 0 aromatic heterocycles. The number of nitrogens with zero attached hydrogens (tertiary/aromatic N) is 1. The van der Waals surface area contributed by atoms with Crippen LogP contribution >= 0.6 is 0 Å². The minimum absolute atomic E-state index is 0.0439. The summed E-state index contributed by atoms with van der Waals surface area (Å²) in [4.78, 5) is 27.2. The molecule has 0 radical (unpaired) electrons. The molecule has 1 atom stereocenters. The molecule has 2 aromatic rings. The average Bonchev–Trinajstić information content (AvgIpc) is 2.64. The van der Waals surface area contributed by atoms with Crippen LogP contribution < -0.4 is 5.32 Å². The van der Waals surface area contributed by atoms with Crippen molar-refractivity contribution in [3.63, 3.8) is 0 Å². The second-order valence-electron chi connectivity index (χ2n) is 6.69. The van der Waals surface area contributed by atoms with Gasteiger partial charge in [-0.3, -0.25) is 9.59 Å². The summed E-state index contributed by atoms with van der Waals surface area (Å²) in [5, 5.41) is 2.93. The molecular weight excluding hydrogens is 312 g/mol. The smallest absolute Gasteiger partial charge is 0.255 e. The van der Waals surface area contributed by atoms with Gasteiger partial charge in [0.1, 0.15) is 0 Å². The predicted octanol–water partition coefficient (Wildman–Crippen LogP) is 4.26. The van der Waals surface area contributed by atoms with E-state index in [1.165, 1.54) is 6.42 Å². The fourth-order valence-corrected chi connectivity index (χ4v) is 3.24. The summed E-state index contributed by atoms with van der Waals surface area (Å²) in [7, 11) is 0. The number of carbonyl (C=O) groups is 2. The molecule has 0 spiro atoms. The monoisotopic (exact) mass is 336 g/mol. The van der Waals surface area contributed by atoms with Crippen molar-refractivity contribution in [3.8, 4) is 0 Å². The van der Waals surface area contributed by atoms with Gasteiger partial charge in [-0.25, -0.2) is 0 Å². The van der Waals surface area contributed by atoms with Crippen LogP contribution in [0.25, 0.3) is 0 Å². The molecule has 0 saturated carbocycles. The van der Waals surface area contributed by atoms with Crippen LogP contribution in [-0.2, 0) is 0 Å². The highest BCUT2D eigenvalue weighted by Crippen LogP contribution is 2.23. The van der Waals surface area contributed by atoms with Gasteiger partial charge in [-0.1, -0.05) is 24.3 Å². The van der Waals surface area contributed by atoms with Gasteiger partial charge < -0.3 is 10.2 Å².